The fraction of sp³-hybridized carbons (Fsp3) is 0.381. The van der Waals surface area contributed by atoms with Crippen LogP contribution < -0.4 is 10.1 Å². The number of carbonyl (C=O) groups is 1. The minimum atomic E-state index is -0.0738. The van der Waals surface area contributed by atoms with Crippen molar-refractivity contribution in [3.8, 4) is 5.75 Å². The number of rotatable bonds is 9. The van der Waals surface area contributed by atoms with Gasteiger partial charge in [-0.05, 0) is 55.4 Å². The Morgan fingerprint density at radius 3 is 2.08 bits per heavy atom. The fourth-order valence-electron chi connectivity index (χ4n) is 2.62. The molecule has 4 heteroatoms. The molecule has 1 N–H and O–H groups in total. The molecule has 0 aliphatic rings. The molecule has 0 aromatic heterocycles. The molecular formula is C21H28N2O2. The van der Waals surface area contributed by atoms with Gasteiger partial charge < -0.3 is 10.1 Å². The van der Waals surface area contributed by atoms with Crippen LogP contribution in [0.25, 0.3) is 0 Å². The molecule has 134 valence electrons. The molecule has 0 saturated carbocycles. The Bertz CT molecular complexity index is 647. The number of carbonyl (C=O) groups excluding carboxylic acids is 1. The monoisotopic (exact) mass is 340 g/mol. The van der Waals surface area contributed by atoms with Gasteiger partial charge in [0.25, 0.3) is 5.91 Å². The van der Waals surface area contributed by atoms with E-state index in [4.69, 9.17) is 4.74 Å². The van der Waals surface area contributed by atoms with Crippen molar-refractivity contribution in [3.05, 3.63) is 65.2 Å². The molecule has 25 heavy (non-hydrogen) atoms. The van der Waals surface area contributed by atoms with Gasteiger partial charge in [-0.2, -0.15) is 0 Å². The second-order valence-corrected chi connectivity index (χ2v) is 5.92. The van der Waals surface area contributed by atoms with Crippen LogP contribution in [0, 0.1) is 0 Å². The SMILES string of the molecule is CCOc1ccc(C(=O)NCc2ccc(CN(CC)CC)cc2)cc1. The summed E-state index contributed by atoms with van der Waals surface area (Å²) in [6.07, 6.45) is 0. The zero-order valence-electron chi connectivity index (χ0n) is 15.4. The summed E-state index contributed by atoms with van der Waals surface area (Å²) >= 11 is 0. The molecule has 0 unspecified atom stereocenters. The molecule has 0 fully saturated rings. The number of ether oxygens (including phenoxy) is 1. The molecule has 0 aliphatic heterocycles. The highest BCUT2D eigenvalue weighted by atomic mass is 16.5. The van der Waals surface area contributed by atoms with Crippen LogP contribution in [-0.4, -0.2) is 30.5 Å². The summed E-state index contributed by atoms with van der Waals surface area (Å²) in [5.41, 5.74) is 3.04. The van der Waals surface area contributed by atoms with Gasteiger partial charge in [-0.1, -0.05) is 38.1 Å². The first-order valence-electron chi connectivity index (χ1n) is 8.97. The molecule has 0 radical (unpaired) electrons. The van der Waals surface area contributed by atoms with E-state index in [1.807, 2.05) is 19.1 Å². The van der Waals surface area contributed by atoms with Gasteiger partial charge in [0, 0.05) is 18.7 Å². The average molecular weight is 340 g/mol. The molecule has 0 saturated heterocycles. The van der Waals surface area contributed by atoms with Crippen LogP contribution in [0.5, 0.6) is 5.75 Å². The van der Waals surface area contributed by atoms with Crippen molar-refractivity contribution in [3.63, 3.8) is 0 Å². The van der Waals surface area contributed by atoms with E-state index in [-0.39, 0.29) is 5.91 Å². The van der Waals surface area contributed by atoms with E-state index in [1.54, 1.807) is 12.1 Å². The Kier molecular flexibility index (Phi) is 7.48. The van der Waals surface area contributed by atoms with E-state index < -0.39 is 0 Å². The van der Waals surface area contributed by atoms with Gasteiger partial charge in [0.2, 0.25) is 0 Å². The van der Waals surface area contributed by atoms with Gasteiger partial charge in [0.1, 0.15) is 5.75 Å². The van der Waals surface area contributed by atoms with Gasteiger partial charge in [0.15, 0.2) is 0 Å². The lowest BCUT2D eigenvalue weighted by atomic mass is 10.1. The van der Waals surface area contributed by atoms with Crippen LogP contribution in [0.2, 0.25) is 0 Å². The number of benzene rings is 2. The molecule has 1 amide bonds. The van der Waals surface area contributed by atoms with Crippen LogP contribution >= 0.6 is 0 Å². The molecule has 2 rings (SSSR count). The lowest BCUT2D eigenvalue weighted by Gasteiger charge is -2.18. The molecule has 2 aromatic carbocycles. The zero-order valence-corrected chi connectivity index (χ0v) is 15.4. The third kappa shape index (κ3) is 5.91. The topological polar surface area (TPSA) is 41.6 Å². The van der Waals surface area contributed by atoms with Crippen LogP contribution in [-0.2, 0) is 13.1 Å². The van der Waals surface area contributed by atoms with Crippen molar-refractivity contribution >= 4 is 5.91 Å². The number of amides is 1. The second-order valence-electron chi connectivity index (χ2n) is 5.92. The highest BCUT2D eigenvalue weighted by Gasteiger charge is 2.06. The summed E-state index contributed by atoms with van der Waals surface area (Å²) in [7, 11) is 0. The first-order chi connectivity index (χ1) is 12.2. The first kappa shape index (κ1) is 19.0. The van der Waals surface area contributed by atoms with Crippen LogP contribution in [0.1, 0.15) is 42.3 Å². The maximum atomic E-state index is 12.2. The Hall–Kier alpha value is -2.33. The zero-order chi connectivity index (χ0) is 18.1. The van der Waals surface area contributed by atoms with E-state index in [0.717, 1.165) is 30.9 Å². The highest BCUT2D eigenvalue weighted by molar-refractivity contribution is 5.94. The number of nitrogens with zero attached hydrogens (tertiary/aromatic N) is 1. The summed E-state index contributed by atoms with van der Waals surface area (Å²) in [5.74, 6) is 0.707. The van der Waals surface area contributed by atoms with E-state index in [0.29, 0.717) is 18.7 Å². The summed E-state index contributed by atoms with van der Waals surface area (Å²) in [6, 6.07) is 15.6. The molecule has 0 spiro atoms. The maximum absolute atomic E-state index is 12.2. The molecule has 0 bridgehead atoms. The van der Waals surface area contributed by atoms with E-state index in [1.165, 1.54) is 5.56 Å². The van der Waals surface area contributed by atoms with Gasteiger partial charge in [0.05, 0.1) is 6.61 Å². The van der Waals surface area contributed by atoms with Crippen molar-refractivity contribution in [2.45, 2.75) is 33.9 Å². The van der Waals surface area contributed by atoms with E-state index in [9.17, 15) is 4.79 Å². The molecular weight excluding hydrogens is 312 g/mol. The Morgan fingerprint density at radius 1 is 0.920 bits per heavy atom. The molecule has 0 aliphatic carbocycles. The van der Waals surface area contributed by atoms with Gasteiger partial charge in [-0.15, -0.1) is 0 Å². The summed E-state index contributed by atoms with van der Waals surface area (Å²) in [4.78, 5) is 14.6. The number of nitrogens with one attached hydrogen (secondary N) is 1. The largest absolute Gasteiger partial charge is 0.494 e. The van der Waals surface area contributed by atoms with Crippen LogP contribution in [0.3, 0.4) is 0 Å². The molecule has 4 nitrogen and oxygen atoms in total. The third-order valence-electron chi connectivity index (χ3n) is 4.20. The lowest BCUT2D eigenvalue weighted by Crippen LogP contribution is -2.23. The minimum absolute atomic E-state index is 0.0738. The number of hydrogen-bond acceptors (Lipinski definition) is 3. The summed E-state index contributed by atoms with van der Waals surface area (Å²) < 4.78 is 5.39. The summed E-state index contributed by atoms with van der Waals surface area (Å²) in [6.45, 7) is 10.5. The van der Waals surface area contributed by atoms with E-state index >= 15 is 0 Å². The molecule has 2 aromatic rings. The van der Waals surface area contributed by atoms with E-state index in [2.05, 4.69) is 48.3 Å². The van der Waals surface area contributed by atoms with Crippen molar-refractivity contribution in [1.29, 1.82) is 0 Å². The lowest BCUT2D eigenvalue weighted by molar-refractivity contribution is 0.0951. The quantitative estimate of drug-likeness (QED) is 0.754. The Labute approximate surface area is 150 Å². The van der Waals surface area contributed by atoms with Crippen molar-refractivity contribution < 1.29 is 9.53 Å². The normalized spacial score (nSPS) is 10.7. The van der Waals surface area contributed by atoms with Crippen LogP contribution in [0.15, 0.2) is 48.5 Å². The van der Waals surface area contributed by atoms with Crippen LogP contribution in [0.4, 0.5) is 0 Å². The average Bonchev–Trinajstić information content (AvgIpc) is 2.66. The highest BCUT2D eigenvalue weighted by Crippen LogP contribution is 2.12. The number of hydrogen-bond donors (Lipinski definition) is 1. The second kappa shape index (κ2) is 9.84. The Balaban J connectivity index is 1.86. The predicted octanol–water partition coefficient (Wildman–Crippen LogP) is 3.86. The molecule has 0 heterocycles. The molecule has 0 atom stereocenters. The maximum Gasteiger partial charge on any atom is 0.251 e. The van der Waals surface area contributed by atoms with Gasteiger partial charge >= 0.3 is 0 Å². The standard InChI is InChI=1S/C21H28N2O2/c1-4-23(5-2)16-18-9-7-17(8-10-18)15-22-21(24)19-11-13-20(14-12-19)25-6-3/h7-14H,4-6,15-16H2,1-3H3,(H,22,24). The first-order valence-corrected chi connectivity index (χ1v) is 8.97. The van der Waals surface area contributed by atoms with Crippen molar-refractivity contribution in [1.82, 2.24) is 10.2 Å². The summed E-state index contributed by atoms with van der Waals surface area (Å²) in [5, 5.41) is 2.96. The van der Waals surface area contributed by atoms with Gasteiger partial charge in [-0.25, -0.2) is 0 Å². The Morgan fingerprint density at radius 2 is 1.52 bits per heavy atom. The van der Waals surface area contributed by atoms with Crippen molar-refractivity contribution in [2.24, 2.45) is 0 Å². The van der Waals surface area contributed by atoms with Crippen molar-refractivity contribution in [2.75, 3.05) is 19.7 Å². The smallest absolute Gasteiger partial charge is 0.251 e. The van der Waals surface area contributed by atoms with Gasteiger partial charge in [-0.3, -0.25) is 9.69 Å². The third-order valence-corrected chi connectivity index (χ3v) is 4.20. The predicted molar refractivity (Wildman–Crippen MR) is 102 cm³/mol. The minimum Gasteiger partial charge on any atom is -0.494 e. The fourth-order valence-corrected chi connectivity index (χ4v) is 2.62.